The van der Waals surface area contributed by atoms with Crippen molar-refractivity contribution in [3.05, 3.63) is 190 Å². The van der Waals surface area contributed by atoms with E-state index in [0.717, 1.165) is 91.1 Å². The second-order valence-corrected chi connectivity index (χ2v) is 25.4. The van der Waals surface area contributed by atoms with Gasteiger partial charge in [-0.15, -0.1) is 0 Å². The first-order chi connectivity index (χ1) is 46.1. The average molecular weight is 1330 g/mol. The second-order valence-electron chi connectivity index (χ2n) is 25.4. The van der Waals surface area contributed by atoms with Crippen molar-refractivity contribution in [2.24, 2.45) is 0 Å². The summed E-state index contributed by atoms with van der Waals surface area (Å²) in [5, 5.41) is 12.6. The summed E-state index contributed by atoms with van der Waals surface area (Å²) in [6.45, 7) is 5.77. The maximum absolute atomic E-state index is 14.2. The predicted octanol–water partition coefficient (Wildman–Crippen LogP) is 12.3. The summed E-state index contributed by atoms with van der Waals surface area (Å²) in [5.41, 5.74) is 1.16. The van der Waals surface area contributed by atoms with Gasteiger partial charge in [0, 0.05) is 93.6 Å². The molecule has 0 radical (unpaired) electrons. The number of amides is 4. The van der Waals surface area contributed by atoms with Gasteiger partial charge in [-0.1, -0.05) is 91.3 Å². The van der Waals surface area contributed by atoms with Gasteiger partial charge in [-0.05, 0) is 154 Å². The Bertz CT molecular complexity index is 3570. The number of piperidine rings is 2. The number of likely N-dealkylation sites (tertiary alicyclic amines) is 2. The fourth-order valence-electron chi connectivity index (χ4n) is 13.5. The molecule has 1 aliphatic carbocycles. The number of anilines is 2. The fourth-order valence-corrected chi connectivity index (χ4v) is 13.5. The highest BCUT2D eigenvalue weighted by atomic mass is 19.4. The minimum absolute atomic E-state index is 0.0294. The molecular weight excluding hydrogens is 1250 g/mol. The number of likely N-dealkylation sites (N-methyl/N-ethyl adjacent to an activating group) is 1. The maximum atomic E-state index is 14.2. The Balaban J connectivity index is 0.585. The molecule has 16 nitrogen and oxygen atoms in total. The fraction of sp³-hybridized carbons (Fsp3) is 0.438. The van der Waals surface area contributed by atoms with Crippen LogP contribution in [0.15, 0.2) is 146 Å². The highest BCUT2D eigenvalue weighted by Crippen LogP contribution is 2.48. The Morgan fingerprint density at radius 2 is 1.38 bits per heavy atom. The Morgan fingerprint density at radius 3 is 2.09 bits per heavy atom. The molecule has 96 heavy (non-hydrogen) atoms. The van der Waals surface area contributed by atoms with E-state index in [2.05, 4.69) is 43.2 Å². The number of benzene rings is 6. The number of ether oxygens (including phenoxy) is 3. The van der Waals surface area contributed by atoms with E-state index in [1.807, 2.05) is 78.9 Å². The smallest absolute Gasteiger partial charge is 0.416 e. The predicted molar refractivity (Wildman–Crippen MR) is 351 cm³/mol. The molecule has 0 bridgehead atoms. The van der Waals surface area contributed by atoms with E-state index in [-0.39, 0.29) is 55.4 Å². The number of Topliss-reactive ketones (excluding diaryl/α,β-unsaturated/α-hetero) is 1. The quantitative estimate of drug-likeness (QED) is 0.0271. The Morgan fingerprint density at radius 1 is 0.698 bits per heavy atom. The number of hydrogen-bond donors (Lipinski definition) is 4. The van der Waals surface area contributed by atoms with Gasteiger partial charge in [0.05, 0.1) is 36.0 Å². The van der Waals surface area contributed by atoms with E-state index in [9.17, 15) is 54.7 Å². The molecule has 3 heterocycles. The first-order valence-electron chi connectivity index (χ1n) is 33.0. The van der Waals surface area contributed by atoms with Crippen molar-refractivity contribution in [3.63, 3.8) is 0 Å². The number of hydrogen-bond acceptors (Lipinski definition) is 12. The highest BCUT2D eigenvalue weighted by Gasteiger charge is 2.50. The summed E-state index contributed by atoms with van der Waals surface area (Å²) >= 11 is 0. The minimum atomic E-state index is -5.15. The van der Waals surface area contributed by atoms with Crippen LogP contribution in [0.25, 0.3) is 11.1 Å². The minimum Gasteiger partial charge on any atom is -0.446 e. The number of carbonyl (C=O) groups excluding carboxylic acids is 5. The molecule has 6 aromatic carbocycles. The molecule has 4 amide bonds. The van der Waals surface area contributed by atoms with Crippen LogP contribution in [0.5, 0.6) is 0 Å². The molecule has 3 saturated heterocycles. The number of para-hydroxylation sites is 1. The zero-order chi connectivity index (χ0) is 67.9. The van der Waals surface area contributed by atoms with Crippen molar-refractivity contribution in [1.29, 1.82) is 0 Å². The number of carbonyl (C=O) groups is 5. The monoisotopic (exact) mass is 1330 g/mol. The van der Waals surface area contributed by atoms with Crippen molar-refractivity contribution in [2.75, 3.05) is 110 Å². The lowest BCUT2D eigenvalue weighted by Crippen LogP contribution is -2.50. The van der Waals surface area contributed by atoms with E-state index in [0.29, 0.717) is 107 Å². The number of nitrogens with one attached hydrogen (secondary N) is 4. The van der Waals surface area contributed by atoms with Gasteiger partial charge in [-0.3, -0.25) is 24.5 Å². The molecule has 1 spiro atoms. The van der Waals surface area contributed by atoms with Crippen LogP contribution in [-0.2, 0) is 53.6 Å². The van der Waals surface area contributed by atoms with E-state index in [4.69, 9.17) is 14.2 Å². The molecule has 23 heteroatoms. The molecule has 2 atom stereocenters. The molecule has 4 aliphatic rings. The normalized spacial score (nSPS) is 18.2. The van der Waals surface area contributed by atoms with Gasteiger partial charge >= 0.3 is 18.4 Å². The largest absolute Gasteiger partial charge is 0.446 e. The van der Waals surface area contributed by atoms with Crippen molar-refractivity contribution in [2.45, 2.75) is 106 Å². The summed E-state index contributed by atoms with van der Waals surface area (Å²) in [6.07, 6.45) is -3.88. The van der Waals surface area contributed by atoms with E-state index >= 15 is 0 Å². The molecule has 512 valence electrons. The van der Waals surface area contributed by atoms with E-state index < -0.39 is 64.6 Å². The lowest BCUT2D eigenvalue weighted by molar-refractivity contribution is -0.143. The molecule has 6 aromatic rings. The Kier molecular flexibility index (Phi) is 23.7. The van der Waals surface area contributed by atoms with Gasteiger partial charge in [-0.25, -0.2) is 9.18 Å². The first kappa shape index (κ1) is 70.6. The summed E-state index contributed by atoms with van der Waals surface area (Å²) in [7, 11) is 1.70. The van der Waals surface area contributed by atoms with Gasteiger partial charge in [-0.2, -0.15) is 26.3 Å². The number of fused-ring (bicyclic) bond motifs is 2. The van der Waals surface area contributed by atoms with Crippen LogP contribution in [0.3, 0.4) is 0 Å². The van der Waals surface area contributed by atoms with Crippen LogP contribution in [0.1, 0.15) is 113 Å². The number of nitrogens with zero attached hydrogens (tertiary/aromatic N) is 4. The lowest BCUT2D eigenvalue weighted by Gasteiger charge is -2.44. The number of unbranched alkanes of at least 4 members (excludes halogenated alkanes) is 2. The molecule has 3 fully saturated rings. The van der Waals surface area contributed by atoms with Crippen LogP contribution in [0.4, 0.5) is 46.9 Å². The van der Waals surface area contributed by atoms with Crippen LogP contribution in [-0.4, -0.2) is 160 Å². The zero-order valence-electron chi connectivity index (χ0n) is 53.9. The molecule has 0 unspecified atom stereocenters. The zero-order valence-corrected chi connectivity index (χ0v) is 53.9. The van der Waals surface area contributed by atoms with E-state index in [1.165, 1.54) is 24.3 Å². The number of rotatable bonds is 28. The van der Waals surface area contributed by atoms with Crippen molar-refractivity contribution >= 4 is 41.0 Å². The standard InChI is InChI=1S/C73H83F7N8O8/c1-85(36-12-34-83-67(91)52-20-26-59(27-21-52)82-33-11-3-6-16-60(89)47-81-35-42-86-37-28-61(29-38-86)96-69(93)84-64-19-10-8-17-62(64)51-13-4-2-5-14-51)66(90)48-94-65-45-53-15-7-9-18-63(53)70(65)30-39-87(40-31-70)41-32-71(55-22-24-58(74)25-23-55)49-88(50-95-71)68(92)54-43-56(72(75,76)77)46-57(44-54)73(78,79)80/h2,4-5,7-10,13-15,17-27,43-44,46,61,65,81-82H,3,6,11-12,16,28-42,45,47-50H2,1H3,(H,83,91)(H,84,93)/t65-,71-/m0/s1. The van der Waals surface area contributed by atoms with Crippen LogP contribution >= 0.6 is 0 Å². The lowest BCUT2D eigenvalue weighted by atomic mass is 9.72. The van der Waals surface area contributed by atoms with Crippen molar-refractivity contribution in [1.82, 2.24) is 30.2 Å². The molecule has 10 rings (SSSR count). The molecule has 0 saturated carbocycles. The summed E-state index contributed by atoms with van der Waals surface area (Å²) < 4.78 is 115. The highest BCUT2D eigenvalue weighted by molar-refractivity contribution is 5.95. The molecule has 0 aromatic heterocycles. The Labute approximate surface area is 555 Å². The van der Waals surface area contributed by atoms with Crippen LogP contribution in [0, 0.1) is 5.82 Å². The molecular formula is C73H83F7N8O8. The number of ketones is 1. The Hall–Kier alpha value is -8.22. The van der Waals surface area contributed by atoms with Crippen LogP contribution in [0.2, 0.25) is 0 Å². The van der Waals surface area contributed by atoms with Crippen LogP contribution < -0.4 is 21.3 Å². The van der Waals surface area contributed by atoms with Gasteiger partial charge in [0.2, 0.25) is 5.91 Å². The summed E-state index contributed by atoms with van der Waals surface area (Å²) in [6, 6.07) is 39.2. The topological polar surface area (TPSA) is 174 Å². The van der Waals surface area contributed by atoms with Gasteiger partial charge < -0.3 is 49.8 Å². The molecule has 3 aliphatic heterocycles. The maximum Gasteiger partial charge on any atom is 0.416 e. The van der Waals surface area contributed by atoms with Gasteiger partial charge in [0.25, 0.3) is 11.8 Å². The summed E-state index contributed by atoms with van der Waals surface area (Å²) in [4.78, 5) is 73.0. The first-order valence-corrected chi connectivity index (χ1v) is 33.0. The van der Waals surface area contributed by atoms with Gasteiger partial charge in [0.1, 0.15) is 36.6 Å². The summed E-state index contributed by atoms with van der Waals surface area (Å²) in [5.74, 6) is -1.85. The van der Waals surface area contributed by atoms with E-state index in [1.54, 1.807) is 24.1 Å². The SMILES string of the molecule is CN(CCCNC(=O)c1ccc(NCCCCCC(=O)CNCCN2CCC(OC(=O)Nc3ccccc3-c3ccccc3)CC2)cc1)C(=O)CO[C@H]1Cc2ccccc2C12CCN(CC[C@@]1(c3ccc(F)cc3)CN(C(=O)c3cc(C(F)(F)F)cc(C(F)(F)F)c3)CO1)CC2. The third-order valence-corrected chi connectivity index (χ3v) is 19.0. The average Bonchev–Trinajstić information content (AvgIpc) is 1.58. The van der Waals surface area contributed by atoms with Gasteiger partial charge in [0.15, 0.2) is 0 Å². The molecule has 4 N–H and O–H groups in total. The number of alkyl halides is 6. The third-order valence-electron chi connectivity index (χ3n) is 19.0. The van der Waals surface area contributed by atoms with Crippen molar-refractivity contribution in [3.8, 4) is 11.1 Å². The second kappa shape index (κ2) is 32.2. The number of halogens is 7. The van der Waals surface area contributed by atoms with Crippen molar-refractivity contribution < 1.29 is 68.9 Å². The third kappa shape index (κ3) is 18.5.